The minimum Gasteiger partial charge on any atom is -0.379 e. The lowest BCUT2D eigenvalue weighted by Crippen LogP contribution is -2.22. The molecule has 0 N–H and O–H groups in total. The highest BCUT2D eigenvalue weighted by Gasteiger charge is 2.16. The average molecular weight is 305 g/mol. The lowest BCUT2D eigenvalue weighted by Gasteiger charge is -2.23. The van der Waals surface area contributed by atoms with E-state index in [0.29, 0.717) is 0 Å². The van der Waals surface area contributed by atoms with Crippen LogP contribution in [0.4, 0.5) is 0 Å². The molecular formula is C21H36O. The zero-order chi connectivity index (χ0) is 16.4. The highest BCUT2D eigenvalue weighted by Crippen LogP contribution is 2.21. The van der Waals surface area contributed by atoms with E-state index in [-0.39, 0.29) is 5.60 Å². The zero-order valence-electron chi connectivity index (χ0n) is 15.5. The molecule has 1 atom stereocenters. The van der Waals surface area contributed by atoms with Crippen LogP contribution in [0.3, 0.4) is 0 Å². The van der Waals surface area contributed by atoms with Crippen molar-refractivity contribution in [2.45, 2.75) is 84.7 Å². The summed E-state index contributed by atoms with van der Waals surface area (Å²) in [5.41, 5.74) is 3.01. The Balaban J connectivity index is 2.17. The van der Waals surface area contributed by atoms with E-state index >= 15 is 0 Å². The van der Waals surface area contributed by atoms with Crippen LogP contribution < -0.4 is 0 Å². The second-order valence-corrected chi connectivity index (χ2v) is 7.42. The molecule has 22 heavy (non-hydrogen) atoms. The van der Waals surface area contributed by atoms with Crippen LogP contribution in [-0.2, 0) is 17.6 Å². The Bertz CT molecular complexity index is 391. The summed E-state index contributed by atoms with van der Waals surface area (Å²) < 4.78 is 5.49. The Morgan fingerprint density at radius 2 is 1.50 bits per heavy atom. The molecule has 0 amide bonds. The Kier molecular flexibility index (Phi) is 8.78. The maximum absolute atomic E-state index is 5.49. The molecule has 1 rings (SSSR count). The molecule has 0 aliphatic carbocycles. The third-order valence-corrected chi connectivity index (χ3v) is 4.75. The van der Waals surface area contributed by atoms with Crippen LogP contribution in [0, 0.1) is 5.92 Å². The molecule has 0 saturated carbocycles. The van der Waals surface area contributed by atoms with Gasteiger partial charge in [-0.3, -0.25) is 0 Å². The van der Waals surface area contributed by atoms with Gasteiger partial charge in [-0.2, -0.15) is 0 Å². The van der Waals surface area contributed by atoms with E-state index in [4.69, 9.17) is 4.74 Å². The second-order valence-electron chi connectivity index (χ2n) is 7.42. The standard InChI is InChI=1S/C21H36O/c1-6-9-19-13-15-20(16-14-19)12-7-10-18(2)11-8-17-21(3,4)22-5/h13-16,18H,6-12,17H2,1-5H3. The molecule has 0 aliphatic rings. The molecule has 126 valence electrons. The molecule has 1 aromatic carbocycles. The Morgan fingerprint density at radius 3 is 2.05 bits per heavy atom. The molecule has 0 heterocycles. The molecule has 0 aromatic heterocycles. The lowest BCUT2D eigenvalue weighted by molar-refractivity contribution is 0.0127. The van der Waals surface area contributed by atoms with Crippen molar-refractivity contribution in [3.8, 4) is 0 Å². The third kappa shape index (κ3) is 7.98. The number of rotatable bonds is 11. The SMILES string of the molecule is CCCc1ccc(CCCC(C)CCCC(C)(C)OC)cc1. The van der Waals surface area contributed by atoms with E-state index in [9.17, 15) is 0 Å². The molecule has 0 bridgehead atoms. The predicted octanol–water partition coefficient (Wildman–Crippen LogP) is 6.19. The zero-order valence-corrected chi connectivity index (χ0v) is 15.5. The summed E-state index contributed by atoms with van der Waals surface area (Å²) in [6.45, 7) is 8.99. The molecule has 1 nitrogen and oxygen atoms in total. The van der Waals surface area contributed by atoms with Crippen molar-refractivity contribution in [1.29, 1.82) is 0 Å². The van der Waals surface area contributed by atoms with Crippen molar-refractivity contribution in [1.82, 2.24) is 0 Å². The maximum atomic E-state index is 5.49. The summed E-state index contributed by atoms with van der Waals surface area (Å²) >= 11 is 0. The number of hydrogen-bond acceptors (Lipinski definition) is 1. The highest BCUT2D eigenvalue weighted by atomic mass is 16.5. The first-order chi connectivity index (χ1) is 10.5. The van der Waals surface area contributed by atoms with Crippen LogP contribution in [0.5, 0.6) is 0 Å². The summed E-state index contributed by atoms with van der Waals surface area (Å²) in [4.78, 5) is 0. The molecule has 0 saturated heterocycles. The minimum absolute atomic E-state index is 0.0416. The first-order valence-corrected chi connectivity index (χ1v) is 9.10. The fourth-order valence-corrected chi connectivity index (χ4v) is 2.94. The summed E-state index contributed by atoms with van der Waals surface area (Å²) in [5, 5.41) is 0. The van der Waals surface area contributed by atoms with E-state index in [0.717, 1.165) is 12.3 Å². The normalized spacial score (nSPS) is 13.3. The van der Waals surface area contributed by atoms with Gasteiger partial charge < -0.3 is 4.74 Å². The number of benzene rings is 1. The van der Waals surface area contributed by atoms with Crippen molar-refractivity contribution < 1.29 is 4.74 Å². The van der Waals surface area contributed by atoms with Crippen molar-refractivity contribution in [3.05, 3.63) is 35.4 Å². The van der Waals surface area contributed by atoms with E-state index in [2.05, 4.69) is 52.0 Å². The largest absolute Gasteiger partial charge is 0.379 e. The van der Waals surface area contributed by atoms with E-state index in [1.807, 2.05) is 7.11 Å². The van der Waals surface area contributed by atoms with Crippen LogP contribution in [0.2, 0.25) is 0 Å². The van der Waals surface area contributed by atoms with Gasteiger partial charge in [0.1, 0.15) is 0 Å². The molecule has 0 aliphatic heterocycles. The number of hydrogen-bond donors (Lipinski definition) is 0. The van der Waals surface area contributed by atoms with E-state index < -0.39 is 0 Å². The number of methoxy groups -OCH3 is 1. The average Bonchev–Trinajstić information content (AvgIpc) is 2.49. The van der Waals surface area contributed by atoms with Crippen molar-refractivity contribution in [3.63, 3.8) is 0 Å². The molecular weight excluding hydrogens is 268 g/mol. The van der Waals surface area contributed by atoms with Crippen molar-refractivity contribution >= 4 is 0 Å². The Hall–Kier alpha value is -0.820. The minimum atomic E-state index is 0.0416. The molecule has 0 fully saturated rings. The van der Waals surface area contributed by atoms with Crippen LogP contribution in [0.15, 0.2) is 24.3 Å². The predicted molar refractivity (Wildman–Crippen MR) is 97.5 cm³/mol. The van der Waals surface area contributed by atoms with Crippen molar-refractivity contribution in [2.24, 2.45) is 5.92 Å². The fraction of sp³-hybridized carbons (Fsp3) is 0.714. The van der Waals surface area contributed by atoms with Gasteiger partial charge in [-0.05, 0) is 56.6 Å². The smallest absolute Gasteiger partial charge is 0.0622 e. The van der Waals surface area contributed by atoms with Gasteiger partial charge in [0, 0.05) is 7.11 Å². The Morgan fingerprint density at radius 1 is 0.955 bits per heavy atom. The first-order valence-electron chi connectivity index (χ1n) is 9.10. The molecule has 1 aromatic rings. The highest BCUT2D eigenvalue weighted by molar-refractivity contribution is 5.22. The second kappa shape index (κ2) is 10.0. The van der Waals surface area contributed by atoms with E-state index in [1.54, 1.807) is 0 Å². The monoisotopic (exact) mass is 304 g/mol. The van der Waals surface area contributed by atoms with Gasteiger partial charge in [-0.15, -0.1) is 0 Å². The number of aryl methyl sites for hydroxylation is 2. The van der Waals surface area contributed by atoms with Gasteiger partial charge in [0.25, 0.3) is 0 Å². The third-order valence-electron chi connectivity index (χ3n) is 4.75. The van der Waals surface area contributed by atoms with E-state index in [1.165, 1.54) is 56.1 Å². The summed E-state index contributed by atoms with van der Waals surface area (Å²) in [6, 6.07) is 9.23. The molecule has 1 unspecified atom stereocenters. The van der Waals surface area contributed by atoms with Gasteiger partial charge in [0.2, 0.25) is 0 Å². The summed E-state index contributed by atoms with van der Waals surface area (Å²) in [5.74, 6) is 0.826. The molecule has 0 radical (unpaired) electrons. The molecule has 0 spiro atoms. The van der Waals surface area contributed by atoms with Crippen LogP contribution in [0.25, 0.3) is 0 Å². The topological polar surface area (TPSA) is 9.23 Å². The summed E-state index contributed by atoms with van der Waals surface area (Å²) in [7, 11) is 1.81. The quantitative estimate of drug-likeness (QED) is 0.473. The molecule has 1 heteroatoms. The van der Waals surface area contributed by atoms with Crippen molar-refractivity contribution in [2.75, 3.05) is 7.11 Å². The van der Waals surface area contributed by atoms with Gasteiger partial charge in [0.05, 0.1) is 5.60 Å². The van der Waals surface area contributed by atoms with Crippen LogP contribution in [0.1, 0.15) is 77.3 Å². The first kappa shape index (κ1) is 19.2. The van der Waals surface area contributed by atoms with Crippen LogP contribution >= 0.6 is 0 Å². The van der Waals surface area contributed by atoms with Gasteiger partial charge in [0.15, 0.2) is 0 Å². The van der Waals surface area contributed by atoms with Gasteiger partial charge >= 0.3 is 0 Å². The number of ether oxygens (including phenoxy) is 1. The lowest BCUT2D eigenvalue weighted by atomic mass is 9.93. The Labute approximate surface area is 138 Å². The van der Waals surface area contributed by atoms with Gasteiger partial charge in [-0.1, -0.05) is 63.8 Å². The van der Waals surface area contributed by atoms with Crippen LogP contribution in [-0.4, -0.2) is 12.7 Å². The summed E-state index contributed by atoms with van der Waals surface area (Å²) in [6.07, 6.45) is 10.1. The fourth-order valence-electron chi connectivity index (χ4n) is 2.94. The van der Waals surface area contributed by atoms with Gasteiger partial charge in [-0.25, -0.2) is 0 Å². The maximum Gasteiger partial charge on any atom is 0.0622 e.